The summed E-state index contributed by atoms with van der Waals surface area (Å²) in [6.45, 7) is 0. The average Bonchev–Trinajstić information content (AvgIpc) is 1.51. The molecule has 0 spiro atoms. The lowest BCUT2D eigenvalue weighted by atomic mass is 10.1. The van der Waals surface area contributed by atoms with Crippen molar-refractivity contribution in [2.24, 2.45) is 0 Å². The fourth-order valence-corrected chi connectivity index (χ4v) is 21.6. The molecule has 128 heavy (non-hydrogen) atoms. The number of hydrogen-bond donors (Lipinski definition) is 0. The number of rotatable bonds is 11. The van der Waals surface area contributed by atoms with Crippen LogP contribution in [-0.4, -0.2) is 56.5 Å². The first-order valence-electron chi connectivity index (χ1n) is 43.6. The van der Waals surface area contributed by atoms with Gasteiger partial charge in [-0.2, -0.15) is 0 Å². The van der Waals surface area contributed by atoms with Crippen LogP contribution in [0.25, 0.3) is 254 Å². The summed E-state index contributed by atoms with van der Waals surface area (Å²) in [5, 5.41) is 17.9. The van der Waals surface area contributed by atoms with Gasteiger partial charge in [-0.3, -0.25) is 9.13 Å². The summed E-state index contributed by atoms with van der Waals surface area (Å²) in [5.41, 5.74) is 24.6. The number of benzene rings is 18. The molecular weight excluding hydrogens is 1560 g/mol. The summed E-state index contributed by atoms with van der Waals surface area (Å²) in [5.74, 6) is 2.71. The highest BCUT2D eigenvalue weighted by Gasteiger charge is 2.36. The van der Waals surface area contributed by atoms with Crippen molar-refractivity contribution in [1.29, 1.82) is 0 Å². The van der Waals surface area contributed by atoms with Gasteiger partial charge in [0.15, 0.2) is 29.1 Å². The first kappa shape index (κ1) is 70.1. The maximum absolute atomic E-state index is 6.90. The smallest absolute Gasteiger partial charge is 0.168 e. The van der Waals surface area contributed by atoms with Crippen LogP contribution >= 0.6 is 0 Å². The molecule has 0 amide bonds. The topological polar surface area (TPSA) is 91.0 Å². The lowest BCUT2D eigenvalue weighted by molar-refractivity contribution is 0.952. The van der Waals surface area contributed by atoms with Crippen LogP contribution in [0.2, 0.25) is 0 Å². The van der Waals surface area contributed by atoms with Crippen LogP contribution < -0.4 is 0 Å². The summed E-state index contributed by atoms with van der Waals surface area (Å²) in [4.78, 5) is 24.8. The molecule has 0 aliphatic rings. The summed E-state index contributed by atoms with van der Waals surface area (Å²) in [6, 6.07) is 155. The van der Waals surface area contributed by atoms with Gasteiger partial charge < -0.3 is 27.4 Å². The van der Waals surface area contributed by atoms with E-state index in [1.54, 1.807) is 0 Å². The molecule has 0 bridgehead atoms. The van der Waals surface area contributed by atoms with Crippen molar-refractivity contribution in [3.05, 3.63) is 425 Å². The Morgan fingerprint density at radius 2 is 0.312 bits per heavy atom. The molecule has 10 heterocycles. The Balaban J connectivity index is 0.852. The zero-order valence-electron chi connectivity index (χ0n) is 68.8. The van der Waals surface area contributed by atoms with Gasteiger partial charge in [0.2, 0.25) is 0 Å². The number of fused-ring (bicyclic) bond motifs is 24. The monoisotopic (exact) mass is 1630 g/mol. The molecule has 18 aromatic carbocycles. The van der Waals surface area contributed by atoms with Gasteiger partial charge in [-0.1, -0.05) is 279 Å². The molecule has 12 nitrogen and oxygen atoms in total. The number of para-hydroxylation sites is 12. The van der Waals surface area contributed by atoms with Gasteiger partial charge in [0.25, 0.3) is 0 Å². The lowest BCUT2D eigenvalue weighted by Crippen LogP contribution is -2.17. The van der Waals surface area contributed by atoms with Crippen molar-refractivity contribution in [3.63, 3.8) is 0 Å². The molecule has 0 fully saturated rings. The Morgan fingerprint density at radius 1 is 0.133 bits per heavy atom. The fraction of sp³-hybridized carbons (Fsp3) is 0. The van der Waals surface area contributed by atoms with Gasteiger partial charge in [-0.05, 0) is 146 Å². The molecule has 28 aromatic rings. The normalized spacial score (nSPS) is 12.2. The van der Waals surface area contributed by atoms with Gasteiger partial charge in [0.1, 0.15) is 11.4 Å². The van der Waals surface area contributed by atoms with Crippen molar-refractivity contribution in [1.82, 2.24) is 56.5 Å². The highest BCUT2D eigenvalue weighted by Crippen LogP contribution is 2.51. The van der Waals surface area contributed by atoms with Crippen LogP contribution in [0.4, 0.5) is 0 Å². The van der Waals surface area contributed by atoms with Gasteiger partial charge in [0, 0.05) is 120 Å². The van der Waals surface area contributed by atoms with Gasteiger partial charge >= 0.3 is 0 Å². The van der Waals surface area contributed by atoms with Crippen LogP contribution in [0.3, 0.4) is 0 Å². The summed E-state index contributed by atoms with van der Waals surface area (Å²) in [7, 11) is 0. The van der Waals surface area contributed by atoms with E-state index < -0.39 is 0 Å². The van der Waals surface area contributed by atoms with E-state index in [1.165, 1.54) is 43.1 Å². The van der Waals surface area contributed by atoms with E-state index >= 15 is 0 Å². The van der Waals surface area contributed by atoms with Crippen molar-refractivity contribution in [3.8, 4) is 79.9 Å². The zero-order chi connectivity index (χ0) is 83.5. The van der Waals surface area contributed by atoms with Crippen LogP contribution in [0.5, 0.6) is 0 Å². The molecule has 28 rings (SSSR count). The van der Waals surface area contributed by atoms with E-state index in [4.69, 9.17) is 19.9 Å². The third-order valence-electron chi connectivity index (χ3n) is 26.9. The molecule has 0 unspecified atom stereocenters. The van der Waals surface area contributed by atoms with Gasteiger partial charge in [-0.15, -0.1) is 0 Å². The quantitative estimate of drug-likeness (QED) is 0.129. The van der Waals surface area contributed by atoms with E-state index in [0.29, 0.717) is 34.7 Å². The second-order valence-electron chi connectivity index (χ2n) is 33.6. The van der Waals surface area contributed by atoms with Crippen LogP contribution in [0.15, 0.2) is 425 Å². The van der Waals surface area contributed by atoms with Crippen molar-refractivity contribution >= 4 is 174 Å². The van der Waals surface area contributed by atoms with E-state index in [2.05, 4.69) is 461 Å². The number of aromatic nitrogens is 12. The van der Waals surface area contributed by atoms with E-state index in [-0.39, 0.29) is 0 Å². The Morgan fingerprint density at radius 3 is 0.555 bits per heavy atom. The molecule has 10 aromatic heterocycles. The minimum Gasteiger partial charge on any atom is -0.309 e. The average molecular weight is 1630 g/mol. The predicted molar refractivity (Wildman–Crippen MR) is 529 cm³/mol. The minimum absolute atomic E-state index is 0.428. The van der Waals surface area contributed by atoms with Crippen molar-refractivity contribution in [2.45, 2.75) is 0 Å². The maximum Gasteiger partial charge on any atom is 0.168 e. The lowest BCUT2D eigenvalue weighted by Gasteiger charge is -2.26. The standard InChI is InChI=1S/C116H70N12/c1-3-31-71(32-4-1)112-117-113(72-33-5-2-6-34-72)119-114(118-112)109-110(125-101-55-27-15-43-85(101)89-67-73(59-63-105(89)125)121-93-47-19-7-35-77(93)78-36-8-20-48-94(78)121)115(127-103-57-29-17-45-87(103)91-69-75(61-65-107(91)127)123-97-51-23-11-39-81(97)82-40-12-24-52-98(82)123)120-116(128-104-58-30-18-46-88(104)92-70-76(62-66-108(92)128)124-99-53-25-13-41-83(99)84-42-14-26-54-100(84)124)111(109)126-102-56-28-16-44-86(102)90-68-74(60-64-106(90)126)122-95-49-21-9-37-79(95)80-38-10-22-50-96(80)122/h1-70H. The van der Waals surface area contributed by atoms with Gasteiger partial charge in [-0.25, -0.2) is 19.9 Å². The van der Waals surface area contributed by atoms with Crippen LogP contribution in [0, 0.1) is 0 Å². The first-order chi connectivity index (χ1) is 63.6. The second kappa shape index (κ2) is 27.0. The predicted octanol–water partition coefficient (Wildman–Crippen LogP) is 29.0. The third-order valence-corrected chi connectivity index (χ3v) is 26.9. The molecule has 0 aliphatic carbocycles. The minimum atomic E-state index is 0.428. The Bertz CT molecular complexity index is 8860. The SMILES string of the molecule is c1ccc(-c2nc(-c3ccccc3)nc(-c3c(-n4c5ccccc5c5cc(-n6c7ccccc7c7ccccc76)ccc54)c(-n4c5ccccc5c5cc(-n6c7ccccc7c7ccccc76)ccc54)nc(-n4c5ccccc5c5cc(-n6c7ccccc7c7ccccc76)ccc54)c3-n3c4ccccc4c4cc(-n5c6ccccc6c6ccccc65)ccc43)n2)cc1. The highest BCUT2D eigenvalue weighted by atomic mass is 15.2. The summed E-state index contributed by atoms with van der Waals surface area (Å²) in [6.07, 6.45) is 0. The Hall–Kier alpha value is -17.5. The number of nitrogens with zero attached hydrogens (tertiary/aromatic N) is 12. The molecule has 0 N–H and O–H groups in total. The largest absolute Gasteiger partial charge is 0.309 e. The van der Waals surface area contributed by atoms with E-state index in [9.17, 15) is 0 Å². The van der Waals surface area contributed by atoms with Crippen molar-refractivity contribution < 1.29 is 0 Å². The molecular formula is C116H70N12. The van der Waals surface area contributed by atoms with Crippen molar-refractivity contribution in [2.75, 3.05) is 0 Å². The highest BCUT2D eigenvalue weighted by molar-refractivity contribution is 6.20. The molecule has 594 valence electrons. The summed E-state index contributed by atoms with van der Waals surface area (Å²) >= 11 is 0. The maximum atomic E-state index is 6.90. The number of hydrogen-bond acceptors (Lipinski definition) is 4. The fourth-order valence-electron chi connectivity index (χ4n) is 21.6. The molecule has 0 saturated carbocycles. The third kappa shape index (κ3) is 9.98. The molecule has 0 atom stereocenters. The van der Waals surface area contributed by atoms with Crippen LogP contribution in [-0.2, 0) is 0 Å². The molecule has 12 heteroatoms. The summed E-state index contributed by atoms with van der Waals surface area (Å²) < 4.78 is 19.6. The van der Waals surface area contributed by atoms with Gasteiger partial charge in [0.05, 0.1) is 93.8 Å². The number of pyridine rings is 1. The van der Waals surface area contributed by atoms with E-state index in [1.807, 2.05) is 0 Å². The Kier molecular flexibility index (Phi) is 14.8. The van der Waals surface area contributed by atoms with E-state index in [0.717, 1.165) is 177 Å². The molecule has 0 radical (unpaired) electrons. The molecule has 0 aliphatic heterocycles. The van der Waals surface area contributed by atoms with Crippen LogP contribution in [0.1, 0.15) is 0 Å². The zero-order valence-corrected chi connectivity index (χ0v) is 68.8. The Labute approximate surface area is 730 Å². The molecule has 0 saturated heterocycles. The second-order valence-corrected chi connectivity index (χ2v) is 33.6. The first-order valence-corrected chi connectivity index (χ1v) is 43.6.